The number of rotatable bonds is 2. The van der Waals surface area contributed by atoms with E-state index in [9.17, 15) is 13.2 Å². The Balaban J connectivity index is 2.08. The molecule has 0 unspecified atom stereocenters. The number of aromatic nitrogens is 2. The van der Waals surface area contributed by atoms with E-state index in [-0.39, 0.29) is 0 Å². The number of H-pyrrole nitrogens is 1. The third-order valence-electron chi connectivity index (χ3n) is 3.26. The van der Waals surface area contributed by atoms with Gasteiger partial charge in [-0.25, -0.2) is 0 Å². The van der Waals surface area contributed by atoms with Crippen molar-refractivity contribution in [3.63, 3.8) is 0 Å². The molecule has 2 aromatic carbocycles. The zero-order chi connectivity index (χ0) is 15.0. The van der Waals surface area contributed by atoms with Gasteiger partial charge in [-0.3, -0.25) is 5.10 Å². The van der Waals surface area contributed by atoms with Gasteiger partial charge in [0.25, 0.3) is 0 Å². The lowest BCUT2D eigenvalue weighted by Crippen LogP contribution is -2.04. The van der Waals surface area contributed by atoms with Crippen LogP contribution in [0.5, 0.6) is 5.75 Å². The van der Waals surface area contributed by atoms with E-state index >= 15 is 0 Å². The normalized spacial score (nSPS) is 11.8. The monoisotopic (exact) mass is 292 g/mol. The third kappa shape index (κ3) is 2.44. The van der Waals surface area contributed by atoms with Crippen molar-refractivity contribution in [2.75, 3.05) is 7.11 Å². The molecule has 0 saturated carbocycles. The fraction of sp³-hybridized carbons (Fsp3) is 0.133. The summed E-state index contributed by atoms with van der Waals surface area (Å²) < 4.78 is 42.9. The van der Waals surface area contributed by atoms with E-state index < -0.39 is 11.7 Å². The predicted molar refractivity (Wildman–Crippen MR) is 73.1 cm³/mol. The summed E-state index contributed by atoms with van der Waals surface area (Å²) in [6.07, 6.45) is -4.34. The number of hydrogen-bond donors (Lipinski definition) is 1. The molecule has 6 heteroatoms. The van der Waals surface area contributed by atoms with E-state index in [0.29, 0.717) is 17.0 Å². The summed E-state index contributed by atoms with van der Waals surface area (Å²) in [6, 6.07) is 10.3. The smallest absolute Gasteiger partial charge is 0.416 e. The Bertz CT molecular complexity index is 776. The lowest BCUT2D eigenvalue weighted by Gasteiger charge is -2.07. The van der Waals surface area contributed by atoms with Crippen molar-refractivity contribution in [1.82, 2.24) is 10.2 Å². The number of alkyl halides is 3. The molecule has 0 fully saturated rings. The number of nitrogens with zero attached hydrogens (tertiary/aromatic N) is 1. The van der Waals surface area contributed by atoms with Gasteiger partial charge in [-0.2, -0.15) is 18.3 Å². The Kier molecular flexibility index (Phi) is 3.08. The Hall–Kier alpha value is -2.50. The Morgan fingerprint density at radius 2 is 1.76 bits per heavy atom. The molecular weight excluding hydrogens is 281 g/mol. The number of methoxy groups -OCH3 is 1. The van der Waals surface area contributed by atoms with E-state index in [1.807, 2.05) is 6.07 Å². The second-order valence-electron chi connectivity index (χ2n) is 4.56. The second kappa shape index (κ2) is 4.80. The van der Waals surface area contributed by atoms with Crippen LogP contribution in [-0.2, 0) is 6.18 Å². The number of benzene rings is 2. The maximum absolute atomic E-state index is 12.6. The maximum atomic E-state index is 12.6. The van der Waals surface area contributed by atoms with Crippen molar-refractivity contribution >= 4 is 10.9 Å². The van der Waals surface area contributed by atoms with Crippen LogP contribution in [0.4, 0.5) is 13.2 Å². The maximum Gasteiger partial charge on any atom is 0.416 e. The fourth-order valence-electron chi connectivity index (χ4n) is 2.16. The van der Waals surface area contributed by atoms with Crippen LogP contribution in [0.15, 0.2) is 42.5 Å². The highest BCUT2D eigenvalue weighted by atomic mass is 19.4. The molecular formula is C15H11F3N2O. The standard InChI is InChI=1S/C15H11F3N2O/c1-21-11-6-7-13-12(8-11)14(20-19-13)9-2-4-10(5-3-9)15(16,17)18/h2-8H,1H3,(H,19,20). The number of halogens is 3. The zero-order valence-electron chi connectivity index (χ0n) is 11.0. The average molecular weight is 292 g/mol. The van der Waals surface area contributed by atoms with E-state index in [4.69, 9.17) is 4.74 Å². The quantitative estimate of drug-likeness (QED) is 0.766. The van der Waals surface area contributed by atoms with Crippen molar-refractivity contribution in [2.45, 2.75) is 6.18 Å². The van der Waals surface area contributed by atoms with Crippen LogP contribution >= 0.6 is 0 Å². The van der Waals surface area contributed by atoms with Gasteiger partial charge < -0.3 is 4.74 Å². The first kappa shape index (κ1) is 13.5. The van der Waals surface area contributed by atoms with Gasteiger partial charge in [-0.15, -0.1) is 0 Å². The van der Waals surface area contributed by atoms with Crippen LogP contribution in [0.2, 0.25) is 0 Å². The minimum atomic E-state index is -4.34. The Morgan fingerprint density at radius 1 is 1.05 bits per heavy atom. The Morgan fingerprint density at radius 3 is 2.38 bits per heavy atom. The third-order valence-corrected chi connectivity index (χ3v) is 3.26. The lowest BCUT2D eigenvalue weighted by atomic mass is 10.1. The van der Waals surface area contributed by atoms with Gasteiger partial charge in [0, 0.05) is 10.9 Å². The van der Waals surface area contributed by atoms with Crippen molar-refractivity contribution in [2.24, 2.45) is 0 Å². The summed E-state index contributed by atoms with van der Waals surface area (Å²) in [5.41, 5.74) is 1.33. The summed E-state index contributed by atoms with van der Waals surface area (Å²) >= 11 is 0. The van der Waals surface area contributed by atoms with Crippen LogP contribution in [0.1, 0.15) is 5.56 Å². The highest BCUT2D eigenvalue weighted by Crippen LogP contribution is 2.33. The van der Waals surface area contributed by atoms with Crippen molar-refractivity contribution in [3.05, 3.63) is 48.0 Å². The summed E-state index contributed by atoms with van der Waals surface area (Å²) in [7, 11) is 1.55. The molecule has 0 saturated heterocycles. The summed E-state index contributed by atoms with van der Waals surface area (Å²) in [5, 5.41) is 7.83. The SMILES string of the molecule is COc1ccc2[nH]nc(-c3ccc(C(F)(F)F)cc3)c2c1. The number of fused-ring (bicyclic) bond motifs is 1. The molecule has 0 spiro atoms. The van der Waals surface area contributed by atoms with Gasteiger partial charge in [-0.1, -0.05) is 12.1 Å². The highest BCUT2D eigenvalue weighted by Gasteiger charge is 2.30. The first-order valence-corrected chi connectivity index (χ1v) is 6.19. The van der Waals surface area contributed by atoms with Crippen LogP contribution in [0.3, 0.4) is 0 Å². The van der Waals surface area contributed by atoms with Crippen molar-refractivity contribution in [1.29, 1.82) is 0 Å². The first-order valence-electron chi connectivity index (χ1n) is 6.19. The zero-order valence-corrected chi connectivity index (χ0v) is 11.0. The van der Waals surface area contributed by atoms with E-state index in [1.54, 1.807) is 19.2 Å². The minimum Gasteiger partial charge on any atom is -0.497 e. The molecule has 3 aromatic rings. The van der Waals surface area contributed by atoms with Gasteiger partial charge in [0.2, 0.25) is 0 Å². The van der Waals surface area contributed by atoms with Crippen LogP contribution in [-0.4, -0.2) is 17.3 Å². The summed E-state index contributed by atoms with van der Waals surface area (Å²) in [6.45, 7) is 0. The summed E-state index contributed by atoms with van der Waals surface area (Å²) in [5.74, 6) is 0.664. The fourth-order valence-corrected chi connectivity index (χ4v) is 2.16. The van der Waals surface area contributed by atoms with Gasteiger partial charge in [0.05, 0.1) is 18.2 Å². The molecule has 1 N–H and O–H groups in total. The van der Waals surface area contributed by atoms with E-state index in [1.165, 1.54) is 12.1 Å². The molecule has 0 radical (unpaired) electrons. The molecule has 0 aliphatic rings. The van der Waals surface area contributed by atoms with Crippen molar-refractivity contribution < 1.29 is 17.9 Å². The van der Waals surface area contributed by atoms with Crippen LogP contribution in [0.25, 0.3) is 22.2 Å². The molecule has 0 bridgehead atoms. The summed E-state index contributed by atoms with van der Waals surface area (Å²) in [4.78, 5) is 0. The molecule has 3 rings (SSSR count). The number of ether oxygens (including phenoxy) is 1. The van der Waals surface area contributed by atoms with E-state index in [2.05, 4.69) is 10.2 Å². The molecule has 0 atom stereocenters. The topological polar surface area (TPSA) is 37.9 Å². The minimum absolute atomic E-state index is 0.595. The lowest BCUT2D eigenvalue weighted by molar-refractivity contribution is -0.137. The first-order chi connectivity index (χ1) is 9.99. The van der Waals surface area contributed by atoms with Crippen LogP contribution < -0.4 is 4.74 Å². The van der Waals surface area contributed by atoms with Gasteiger partial charge in [0.1, 0.15) is 11.4 Å². The second-order valence-corrected chi connectivity index (χ2v) is 4.56. The van der Waals surface area contributed by atoms with Gasteiger partial charge >= 0.3 is 6.18 Å². The van der Waals surface area contributed by atoms with Gasteiger partial charge in [0.15, 0.2) is 0 Å². The number of nitrogens with one attached hydrogen (secondary N) is 1. The van der Waals surface area contributed by atoms with Crippen molar-refractivity contribution in [3.8, 4) is 17.0 Å². The molecule has 0 aliphatic carbocycles. The Labute approximate surface area is 118 Å². The molecule has 0 aliphatic heterocycles. The molecule has 3 nitrogen and oxygen atoms in total. The molecule has 0 amide bonds. The molecule has 1 aromatic heterocycles. The largest absolute Gasteiger partial charge is 0.497 e. The van der Waals surface area contributed by atoms with E-state index in [0.717, 1.165) is 23.0 Å². The van der Waals surface area contributed by atoms with Crippen LogP contribution in [0, 0.1) is 0 Å². The van der Waals surface area contributed by atoms with Gasteiger partial charge in [-0.05, 0) is 30.3 Å². The highest BCUT2D eigenvalue weighted by molar-refractivity contribution is 5.93. The number of hydrogen-bond acceptors (Lipinski definition) is 2. The molecule has 21 heavy (non-hydrogen) atoms. The average Bonchev–Trinajstić information content (AvgIpc) is 2.89. The number of aromatic amines is 1. The molecule has 108 valence electrons. The predicted octanol–water partition coefficient (Wildman–Crippen LogP) is 4.26. The molecule has 1 heterocycles.